The third kappa shape index (κ3) is 4.96. The van der Waals surface area contributed by atoms with Crippen molar-refractivity contribution in [2.24, 2.45) is 0 Å². The molecule has 0 radical (unpaired) electrons. The van der Waals surface area contributed by atoms with E-state index in [2.05, 4.69) is 5.32 Å². The number of hydrogen-bond donors (Lipinski definition) is 1. The molecule has 2 rings (SSSR count). The Morgan fingerprint density at radius 1 is 1.17 bits per heavy atom. The van der Waals surface area contributed by atoms with Gasteiger partial charge in [-0.3, -0.25) is 9.69 Å². The molecule has 0 fully saturated rings. The minimum absolute atomic E-state index is 0.0695. The number of nitrogens with zero attached hydrogens (tertiary/aromatic N) is 1. The molecule has 5 heteroatoms. The van der Waals surface area contributed by atoms with Crippen LogP contribution < -0.4 is 5.32 Å². The summed E-state index contributed by atoms with van der Waals surface area (Å²) in [5.74, 6) is -0.0695. The van der Waals surface area contributed by atoms with Crippen LogP contribution >= 0.6 is 23.2 Å². The molecule has 0 aliphatic carbocycles. The van der Waals surface area contributed by atoms with Crippen molar-refractivity contribution >= 4 is 34.8 Å². The van der Waals surface area contributed by atoms with Gasteiger partial charge in [-0.15, -0.1) is 0 Å². The highest BCUT2D eigenvalue weighted by Gasteiger charge is 2.19. The van der Waals surface area contributed by atoms with Crippen molar-refractivity contribution in [3.05, 3.63) is 63.6 Å². The van der Waals surface area contributed by atoms with Gasteiger partial charge in [0.25, 0.3) is 0 Å². The average Bonchev–Trinajstić information content (AvgIpc) is 2.50. The van der Waals surface area contributed by atoms with Crippen molar-refractivity contribution in [2.45, 2.75) is 26.4 Å². The highest BCUT2D eigenvalue weighted by atomic mass is 35.5. The van der Waals surface area contributed by atoms with E-state index in [1.165, 1.54) is 0 Å². The van der Waals surface area contributed by atoms with Gasteiger partial charge in [0, 0.05) is 22.3 Å². The lowest BCUT2D eigenvalue weighted by atomic mass is 10.1. The van der Waals surface area contributed by atoms with E-state index in [9.17, 15) is 4.79 Å². The SMILES string of the molecule is Cc1ccc(Cl)cc1NC(=O)C(C)N(C)Cc1cccc(Cl)c1. The fourth-order valence-corrected chi connectivity index (χ4v) is 2.61. The second kappa shape index (κ2) is 7.82. The molecule has 122 valence electrons. The third-order valence-electron chi connectivity index (χ3n) is 3.82. The largest absolute Gasteiger partial charge is 0.324 e. The number of halogens is 2. The van der Waals surface area contributed by atoms with Crippen LogP contribution in [0.4, 0.5) is 5.69 Å². The number of nitrogens with one attached hydrogen (secondary N) is 1. The molecule has 1 unspecified atom stereocenters. The molecule has 0 saturated heterocycles. The maximum Gasteiger partial charge on any atom is 0.241 e. The van der Waals surface area contributed by atoms with Gasteiger partial charge in [0.15, 0.2) is 0 Å². The molecule has 0 spiro atoms. The monoisotopic (exact) mass is 350 g/mol. The summed E-state index contributed by atoms with van der Waals surface area (Å²) in [6.07, 6.45) is 0. The highest BCUT2D eigenvalue weighted by molar-refractivity contribution is 6.31. The maximum atomic E-state index is 12.5. The molecular weight excluding hydrogens is 331 g/mol. The van der Waals surface area contributed by atoms with E-state index in [0.717, 1.165) is 16.8 Å². The number of anilines is 1. The van der Waals surface area contributed by atoms with Crippen LogP contribution in [0.5, 0.6) is 0 Å². The molecule has 0 heterocycles. The van der Waals surface area contributed by atoms with Gasteiger partial charge in [0.2, 0.25) is 5.91 Å². The average molecular weight is 351 g/mol. The summed E-state index contributed by atoms with van der Waals surface area (Å²) in [7, 11) is 1.91. The Labute approximate surface area is 147 Å². The molecule has 0 aromatic heterocycles. The molecule has 0 bridgehead atoms. The summed E-state index contributed by atoms with van der Waals surface area (Å²) in [4.78, 5) is 14.4. The summed E-state index contributed by atoms with van der Waals surface area (Å²) in [5.41, 5.74) is 2.79. The molecular formula is C18H20Cl2N2O. The minimum atomic E-state index is -0.285. The number of carbonyl (C=O) groups excluding carboxylic acids is 1. The van der Waals surface area contributed by atoms with Crippen molar-refractivity contribution in [3.8, 4) is 0 Å². The van der Waals surface area contributed by atoms with E-state index < -0.39 is 0 Å². The standard InChI is InChI=1S/C18H20Cl2N2O/c1-12-7-8-16(20)10-17(12)21-18(23)13(2)22(3)11-14-5-4-6-15(19)9-14/h4-10,13H,11H2,1-3H3,(H,21,23). The van der Waals surface area contributed by atoms with Crippen LogP contribution in [0.3, 0.4) is 0 Å². The second-order valence-electron chi connectivity index (χ2n) is 5.67. The van der Waals surface area contributed by atoms with Crippen molar-refractivity contribution < 1.29 is 4.79 Å². The van der Waals surface area contributed by atoms with Gasteiger partial charge in [0.1, 0.15) is 0 Å². The smallest absolute Gasteiger partial charge is 0.241 e. The Balaban J connectivity index is 2.02. The highest BCUT2D eigenvalue weighted by Crippen LogP contribution is 2.21. The predicted molar refractivity (Wildman–Crippen MR) is 97.2 cm³/mol. The van der Waals surface area contributed by atoms with Crippen LogP contribution in [0.2, 0.25) is 10.0 Å². The summed E-state index contributed by atoms with van der Waals surface area (Å²) in [6.45, 7) is 4.45. The van der Waals surface area contributed by atoms with Crippen LogP contribution in [0, 0.1) is 6.92 Å². The van der Waals surface area contributed by atoms with Crippen LogP contribution in [0.1, 0.15) is 18.1 Å². The number of aryl methyl sites for hydroxylation is 1. The van der Waals surface area contributed by atoms with Gasteiger partial charge in [-0.1, -0.05) is 41.4 Å². The topological polar surface area (TPSA) is 32.3 Å². The molecule has 1 atom stereocenters. The first-order valence-electron chi connectivity index (χ1n) is 7.38. The Morgan fingerprint density at radius 3 is 2.57 bits per heavy atom. The van der Waals surface area contributed by atoms with Crippen molar-refractivity contribution in [1.29, 1.82) is 0 Å². The quantitative estimate of drug-likeness (QED) is 0.842. The Hall–Kier alpha value is -1.55. The van der Waals surface area contributed by atoms with Gasteiger partial charge in [-0.25, -0.2) is 0 Å². The summed E-state index contributed by atoms with van der Waals surface area (Å²) in [6, 6.07) is 12.8. The zero-order valence-electron chi connectivity index (χ0n) is 13.4. The number of benzene rings is 2. The minimum Gasteiger partial charge on any atom is -0.324 e. The van der Waals surface area contributed by atoms with Gasteiger partial charge in [-0.2, -0.15) is 0 Å². The Kier molecular flexibility index (Phi) is 6.05. The van der Waals surface area contributed by atoms with E-state index in [4.69, 9.17) is 23.2 Å². The molecule has 1 amide bonds. The lowest BCUT2D eigenvalue weighted by Crippen LogP contribution is -2.39. The Morgan fingerprint density at radius 2 is 1.87 bits per heavy atom. The number of rotatable bonds is 5. The van der Waals surface area contributed by atoms with Crippen LogP contribution in [0.25, 0.3) is 0 Å². The first-order chi connectivity index (χ1) is 10.9. The maximum absolute atomic E-state index is 12.5. The predicted octanol–water partition coefficient (Wildman–Crippen LogP) is 4.76. The number of amides is 1. The van der Waals surface area contributed by atoms with Crippen molar-refractivity contribution in [2.75, 3.05) is 12.4 Å². The van der Waals surface area contributed by atoms with Crippen LogP contribution in [0.15, 0.2) is 42.5 Å². The van der Waals surface area contributed by atoms with Crippen molar-refractivity contribution in [1.82, 2.24) is 4.90 Å². The van der Waals surface area contributed by atoms with Crippen LogP contribution in [-0.4, -0.2) is 23.9 Å². The summed E-state index contributed by atoms with van der Waals surface area (Å²) in [5, 5.41) is 4.24. The van der Waals surface area contributed by atoms with Gasteiger partial charge in [-0.05, 0) is 56.3 Å². The molecule has 2 aromatic carbocycles. The first-order valence-corrected chi connectivity index (χ1v) is 8.14. The van der Waals surface area contributed by atoms with Crippen molar-refractivity contribution in [3.63, 3.8) is 0 Å². The zero-order chi connectivity index (χ0) is 17.0. The van der Waals surface area contributed by atoms with E-state index in [-0.39, 0.29) is 11.9 Å². The van der Waals surface area contributed by atoms with Gasteiger partial charge >= 0.3 is 0 Å². The van der Waals surface area contributed by atoms with E-state index >= 15 is 0 Å². The first kappa shape index (κ1) is 17.8. The van der Waals surface area contributed by atoms with E-state index in [1.807, 2.05) is 56.1 Å². The normalized spacial score (nSPS) is 12.3. The summed E-state index contributed by atoms with van der Waals surface area (Å²) < 4.78 is 0. The fraction of sp³-hybridized carbons (Fsp3) is 0.278. The van der Waals surface area contributed by atoms with E-state index in [0.29, 0.717) is 16.6 Å². The number of carbonyl (C=O) groups is 1. The summed E-state index contributed by atoms with van der Waals surface area (Å²) >= 11 is 12.0. The van der Waals surface area contributed by atoms with E-state index in [1.54, 1.807) is 12.1 Å². The molecule has 0 saturated carbocycles. The third-order valence-corrected chi connectivity index (χ3v) is 4.29. The number of likely N-dealkylation sites (N-methyl/N-ethyl adjacent to an activating group) is 1. The number of hydrogen-bond acceptors (Lipinski definition) is 2. The molecule has 0 aliphatic heterocycles. The molecule has 0 aliphatic rings. The molecule has 1 N–H and O–H groups in total. The van der Waals surface area contributed by atoms with Gasteiger partial charge in [0.05, 0.1) is 6.04 Å². The lowest BCUT2D eigenvalue weighted by Gasteiger charge is -2.24. The Bertz CT molecular complexity index is 703. The van der Waals surface area contributed by atoms with Gasteiger partial charge < -0.3 is 5.32 Å². The lowest BCUT2D eigenvalue weighted by molar-refractivity contribution is -0.120. The fourth-order valence-electron chi connectivity index (χ4n) is 2.23. The second-order valence-corrected chi connectivity index (χ2v) is 6.54. The molecule has 2 aromatic rings. The zero-order valence-corrected chi connectivity index (χ0v) is 14.9. The molecule has 3 nitrogen and oxygen atoms in total. The van der Waals surface area contributed by atoms with Crippen LogP contribution in [-0.2, 0) is 11.3 Å². The molecule has 23 heavy (non-hydrogen) atoms.